The van der Waals surface area contributed by atoms with Crippen molar-refractivity contribution in [1.82, 2.24) is 5.32 Å². The van der Waals surface area contributed by atoms with Crippen molar-refractivity contribution in [3.8, 4) is 5.75 Å². The highest BCUT2D eigenvalue weighted by atomic mass is 16.5. The smallest absolute Gasteiger partial charge is 0.255 e. The molecule has 0 aliphatic carbocycles. The highest BCUT2D eigenvalue weighted by molar-refractivity contribution is 5.97. The van der Waals surface area contributed by atoms with Gasteiger partial charge in [0.1, 0.15) is 5.75 Å². The summed E-state index contributed by atoms with van der Waals surface area (Å²) in [7, 11) is 0. The van der Waals surface area contributed by atoms with Crippen LogP contribution in [0.3, 0.4) is 0 Å². The van der Waals surface area contributed by atoms with E-state index < -0.39 is 5.91 Å². The molecule has 0 atom stereocenters. The van der Waals surface area contributed by atoms with Gasteiger partial charge in [-0.25, -0.2) is 0 Å². The summed E-state index contributed by atoms with van der Waals surface area (Å²) in [5.41, 5.74) is 5.40. The number of nitrogens with one attached hydrogen (secondary N) is 1. The highest BCUT2D eigenvalue weighted by Crippen LogP contribution is 2.17. The van der Waals surface area contributed by atoms with Crippen LogP contribution in [0.2, 0.25) is 0 Å². The lowest BCUT2D eigenvalue weighted by Crippen LogP contribution is -2.27. The van der Waals surface area contributed by atoms with Gasteiger partial charge in [-0.3, -0.25) is 9.59 Å². The largest absolute Gasteiger partial charge is 0.483 e. The Balaban J connectivity index is 2.47. The van der Waals surface area contributed by atoms with Crippen molar-refractivity contribution >= 4 is 11.8 Å². The van der Waals surface area contributed by atoms with E-state index in [-0.39, 0.29) is 18.6 Å². The zero-order chi connectivity index (χ0) is 15.7. The topological polar surface area (TPSA) is 90.7 Å². The molecular weight excluding hydrogens is 272 g/mol. The Hall–Kier alpha value is -2.08. The number of nitrogens with two attached hydrogens (primary N) is 1. The number of primary amides is 1. The van der Waals surface area contributed by atoms with E-state index in [1.165, 1.54) is 0 Å². The van der Waals surface area contributed by atoms with Gasteiger partial charge in [0, 0.05) is 13.2 Å². The maximum absolute atomic E-state index is 12.1. The van der Waals surface area contributed by atoms with Crippen molar-refractivity contribution < 1.29 is 19.1 Å². The van der Waals surface area contributed by atoms with Crippen molar-refractivity contribution in [2.24, 2.45) is 5.73 Å². The van der Waals surface area contributed by atoms with E-state index in [4.69, 9.17) is 15.2 Å². The van der Waals surface area contributed by atoms with Gasteiger partial charge in [-0.05, 0) is 32.4 Å². The molecule has 2 amide bonds. The molecule has 0 unspecified atom stereocenters. The molecule has 0 fully saturated rings. The number of para-hydroxylation sites is 1. The minimum Gasteiger partial charge on any atom is -0.483 e. The van der Waals surface area contributed by atoms with Crippen LogP contribution in [0.15, 0.2) is 24.3 Å². The summed E-state index contributed by atoms with van der Waals surface area (Å²) in [6, 6.07) is 6.72. The fourth-order valence-electron chi connectivity index (χ4n) is 1.62. The first-order valence-corrected chi connectivity index (χ1v) is 6.90. The van der Waals surface area contributed by atoms with Crippen molar-refractivity contribution in [1.29, 1.82) is 0 Å². The molecule has 0 saturated heterocycles. The normalized spacial score (nSPS) is 10.4. The van der Waals surface area contributed by atoms with Crippen LogP contribution >= 0.6 is 0 Å². The second-order valence-electron chi connectivity index (χ2n) is 4.78. The van der Waals surface area contributed by atoms with Crippen LogP contribution < -0.4 is 15.8 Å². The fourth-order valence-corrected chi connectivity index (χ4v) is 1.62. The van der Waals surface area contributed by atoms with Crippen LogP contribution in [0.25, 0.3) is 0 Å². The first kappa shape index (κ1) is 17.0. The van der Waals surface area contributed by atoms with Crippen LogP contribution in [0.4, 0.5) is 0 Å². The summed E-state index contributed by atoms with van der Waals surface area (Å²) in [6.07, 6.45) is 0.914. The molecule has 21 heavy (non-hydrogen) atoms. The van der Waals surface area contributed by atoms with Gasteiger partial charge in [-0.1, -0.05) is 12.1 Å². The summed E-state index contributed by atoms with van der Waals surface area (Å²) in [6.45, 7) is 4.77. The van der Waals surface area contributed by atoms with Gasteiger partial charge in [-0.2, -0.15) is 0 Å². The van der Waals surface area contributed by atoms with Gasteiger partial charge in [0.05, 0.1) is 11.7 Å². The Morgan fingerprint density at radius 3 is 2.67 bits per heavy atom. The van der Waals surface area contributed by atoms with Crippen molar-refractivity contribution in [3.63, 3.8) is 0 Å². The minimum atomic E-state index is -0.587. The summed E-state index contributed by atoms with van der Waals surface area (Å²) >= 11 is 0. The van der Waals surface area contributed by atoms with E-state index >= 15 is 0 Å². The molecule has 0 spiro atoms. The Bertz CT molecular complexity index is 474. The first-order chi connectivity index (χ1) is 10.0. The Kier molecular flexibility index (Phi) is 7.25. The van der Waals surface area contributed by atoms with Crippen molar-refractivity contribution in [2.75, 3.05) is 19.8 Å². The number of hydrogen-bond acceptors (Lipinski definition) is 4. The Morgan fingerprint density at radius 1 is 1.29 bits per heavy atom. The summed E-state index contributed by atoms with van der Waals surface area (Å²) in [5, 5.41) is 2.79. The van der Waals surface area contributed by atoms with Gasteiger partial charge < -0.3 is 20.5 Å². The maximum Gasteiger partial charge on any atom is 0.255 e. The molecular formula is C15H22N2O4. The van der Waals surface area contributed by atoms with Gasteiger partial charge in [0.2, 0.25) is 0 Å². The standard InChI is InChI=1S/C15H22N2O4/c1-11(2)20-9-5-8-17-15(19)12-6-3-4-7-13(12)21-10-14(16)18/h3-4,6-7,11H,5,8-10H2,1-2H3,(H2,16,18)(H,17,19). The zero-order valence-electron chi connectivity index (χ0n) is 12.4. The summed E-state index contributed by atoms with van der Waals surface area (Å²) in [4.78, 5) is 22.8. The van der Waals surface area contributed by atoms with Crippen LogP contribution in [-0.2, 0) is 9.53 Å². The van der Waals surface area contributed by atoms with E-state index in [0.29, 0.717) is 24.5 Å². The Labute approximate surface area is 124 Å². The Morgan fingerprint density at radius 2 is 2.00 bits per heavy atom. The predicted octanol–water partition coefficient (Wildman–Crippen LogP) is 1.10. The van der Waals surface area contributed by atoms with E-state index in [1.807, 2.05) is 13.8 Å². The van der Waals surface area contributed by atoms with Gasteiger partial charge in [0.15, 0.2) is 6.61 Å². The molecule has 116 valence electrons. The van der Waals surface area contributed by atoms with E-state index in [1.54, 1.807) is 24.3 Å². The third kappa shape index (κ3) is 6.76. The fraction of sp³-hybridized carbons (Fsp3) is 0.467. The molecule has 0 bridgehead atoms. The molecule has 0 radical (unpaired) electrons. The van der Waals surface area contributed by atoms with Gasteiger partial charge in [0.25, 0.3) is 11.8 Å². The molecule has 0 heterocycles. The quantitative estimate of drug-likeness (QED) is 0.667. The molecule has 0 saturated carbocycles. The maximum atomic E-state index is 12.1. The number of carbonyl (C=O) groups excluding carboxylic acids is 2. The van der Waals surface area contributed by atoms with Crippen LogP contribution in [0.5, 0.6) is 5.75 Å². The summed E-state index contributed by atoms with van der Waals surface area (Å²) < 4.78 is 10.6. The van der Waals surface area contributed by atoms with Crippen LogP contribution in [0, 0.1) is 0 Å². The molecule has 6 heteroatoms. The first-order valence-electron chi connectivity index (χ1n) is 6.90. The lowest BCUT2D eigenvalue weighted by atomic mass is 10.2. The molecule has 1 rings (SSSR count). The molecule has 0 aliphatic rings. The van der Waals surface area contributed by atoms with Gasteiger partial charge >= 0.3 is 0 Å². The van der Waals surface area contributed by atoms with Crippen molar-refractivity contribution in [2.45, 2.75) is 26.4 Å². The lowest BCUT2D eigenvalue weighted by molar-refractivity contribution is -0.119. The van der Waals surface area contributed by atoms with E-state index in [0.717, 1.165) is 6.42 Å². The van der Waals surface area contributed by atoms with E-state index in [9.17, 15) is 9.59 Å². The number of ether oxygens (including phenoxy) is 2. The number of hydrogen-bond donors (Lipinski definition) is 2. The average molecular weight is 294 g/mol. The number of rotatable bonds is 9. The average Bonchev–Trinajstić information content (AvgIpc) is 2.44. The highest BCUT2D eigenvalue weighted by Gasteiger charge is 2.12. The van der Waals surface area contributed by atoms with Crippen LogP contribution in [0.1, 0.15) is 30.6 Å². The number of amides is 2. The molecule has 0 aromatic heterocycles. The number of benzene rings is 1. The van der Waals surface area contributed by atoms with Gasteiger partial charge in [-0.15, -0.1) is 0 Å². The monoisotopic (exact) mass is 294 g/mol. The molecule has 6 nitrogen and oxygen atoms in total. The van der Waals surface area contributed by atoms with Crippen molar-refractivity contribution in [3.05, 3.63) is 29.8 Å². The predicted molar refractivity (Wildman–Crippen MR) is 79.2 cm³/mol. The molecule has 0 aliphatic heterocycles. The zero-order valence-corrected chi connectivity index (χ0v) is 12.4. The third-order valence-corrected chi connectivity index (χ3v) is 2.56. The second kappa shape index (κ2) is 8.97. The molecule has 1 aromatic rings. The minimum absolute atomic E-state index is 0.184. The molecule has 3 N–H and O–H groups in total. The third-order valence-electron chi connectivity index (χ3n) is 2.56. The van der Waals surface area contributed by atoms with Crippen LogP contribution in [-0.4, -0.2) is 37.7 Å². The molecule has 1 aromatic carbocycles. The second-order valence-corrected chi connectivity index (χ2v) is 4.78. The number of carbonyl (C=O) groups is 2. The summed E-state index contributed by atoms with van der Waals surface area (Å²) in [5.74, 6) is -0.497. The SMILES string of the molecule is CC(C)OCCCNC(=O)c1ccccc1OCC(N)=O. The van der Waals surface area contributed by atoms with E-state index in [2.05, 4.69) is 5.32 Å². The lowest BCUT2D eigenvalue weighted by Gasteiger charge is -2.11.